The van der Waals surface area contributed by atoms with Crippen LogP contribution in [0.2, 0.25) is 0 Å². The Balaban J connectivity index is 0.000000479. The number of aliphatic carboxylic acids is 1. The van der Waals surface area contributed by atoms with Gasteiger partial charge in [0.15, 0.2) is 0 Å². The summed E-state index contributed by atoms with van der Waals surface area (Å²) in [5.74, 6) is -3.01. The van der Waals surface area contributed by atoms with Crippen LogP contribution in [0.15, 0.2) is 48.5 Å². The molecule has 5 N–H and O–H groups in total. The number of H-pyrrole nitrogens is 1. The van der Waals surface area contributed by atoms with Gasteiger partial charge in [-0.2, -0.15) is 13.2 Å². The van der Waals surface area contributed by atoms with E-state index in [1.54, 1.807) is 6.92 Å². The van der Waals surface area contributed by atoms with Crippen LogP contribution in [-0.4, -0.2) is 52.1 Å². The predicted molar refractivity (Wildman–Crippen MR) is 126 cm³/mol. The normalized spacial score (nSPS) is 13.1. The minimum absolute atomic E-state index is 0.00807. The van der Waals surface area contributed by atoms with E-state index in [1.165, 1.54) is 18.2 Å². The molecule has 0 bridgehead atoms. The maximum atomic E-state index is 14.2. The lowest BCUT2D eigenvalue weighted by molar-refractivity contribution is -0.192. The Morgan fingerprint density at radius 2 is 1.73 bits per heavy atom. The van der Waals surface area contributed by atoms with Crippen LogP contribution >= 0.6 is 0 Å². The molecular weight excluding hydrogens is 498 g/mol. The van der Waals surface area contributed by atoms with Crippen LogP contribution < -0.4 is 16.0 Å². The SMILES string of the molecule is Cc1[nH]c(C2CNC2)nc1C(=O)Nc1ccc(F)c(NC(=O)Cc2ccccc2)c1.O=C(O)C(F)(F)F. The van der Waals surface area contributed by atoms with Gasteiger partial charge in [-0.1, -0.05) is 30.3 Å². The predicted octanol–water partition coefficient (Wildman–Crippen LogP) is 3.61. The molecule has 1 saturated heterocycles. The molecule has 2 aromatic carbocycles. The van der Waals surface area contributed by atoms with Crippen molar-refractivity contribution in [3.05, 3.63) is 77.1 Å². The summed E-state index contributed by atoms with van der Waals surface area (Å²) in [5, 5.41) is 15.6. The third kappa shape index (κ3) is 7.61. The molecule has 0 atom stereocenters. The molecule has 196 valence electrons. The summed E-state index contributed by atoms with van der Waals surface area (Å²) >= 11 is 0. The Bertz CT molecular complexity index is 1270. The molecule has 0 spiro atoms. The number of carbonyl (C=O) groups is 3. The second kappa shape index (κ2) is 11.6. The largest absolute Gasteiger partial charge is 0.490 e. The van der Waals surface area contributed by atoms with E-state index in [4.69, 9.17) is 9.90 Å². The number of nitrogens with zero attached hydrogens (tertiary/aromatic N) is 1. The molecule has 13 heteroatoms. The monoisotopic (exact) mass is 521 g/mol. The number of carboxylic acids is 1. The molecule has 1 aliphatic rings. The number of hydrogen-bond acceptors (Lipinski definition) is 5. The van der Waals surface area contributed by atoms with Crippen LogP contribution in [-0.2, 0) is 16.0 Å². The van der Waals surface area contributed by atoms with Crippen LogP contribution in [0.4, 0.5) is 28.9 Å². The summed E-state index contributed by atoms with van der Waals surface area (Å²) in [6.45, 7) is 3.45. The second-order valence-electron chi connectivity index (χ2n) is 8.11. The summed E-state index contributed by atoms with van der Waals surface area (Å²) in [6, 6.07) is 13.2. The number of carbonyl (C=O) groups excluding carboxylic acids is 2. The zero-order chi connectivity index (χ0) is 27.2. The Kier molecular flexibility index (Phi) is 8.60. The first-order valence-electron chi connectivity index (χ1n) is 11.0. The van der Waals surface area contributed by atoms with Crippen molar-refractivity contribution in [3.63, 3.8) is 0 Å². The third-order valence-corrected chi connectivity index (χ3v) is 5.23. The number of nitrogens with one attached hydrogen (secondary N) is 4. The van der Waals surface area contributed by atoms with Gasteiger partial charge in [-0.3, -0.25) is 9.59 Å². The number of halogens is 4. The van der Waals surface area contributed by atoms with Gasteiger partial charge in [0.05, 0.1) is 12.1 Å². The number of aryl methyl sites for hydroxylation is 1. The summed E-state index contributed by atoms with van der Waals surface area (Å²) in [6.07, 6.45) is -4.96. The highest BCUT2D eigenvalue weighted by Gasteiger charge is 2.38. The van der Waals surface area contributed by atoms with Gasteiger partial charge in [0.2, 0.25) is 5.91 Å². The molecule has 0 unspecified atom stereocenters. The van der Waals surface area contributed by atoms with E-state index in [0.29, 0.717) is 17.1 Å². The quantitative estimate of drug-likeness (QED) is 0.315. The van der Waals surface area contributed by atoms with Crippen LogP contribution in [0, 0.1) is 12.7 Å². The number of carboxylic acid groups (broad SMARTS) is 1. The zero-order valence-electron chi connectivity index (χ0n) is 19.4. The summed E-state index contributed by atoms with van der Waals surface area (Å²) in [5.41, 5.74) is 2.18. The molecule has 3 aromatic rings. The molecule has 9 nitrogen and oxygen atoms in total. The van der Waals surface area contributed by atoms with E-state index >= 15 is 0 Å². The lowest BCUT2D eigenvalue weighted by Gasteiger charge is -2.24. The van der Waals surface area contributed by atoms with E-state index in [9.17, 15) is 27.2 Å². The molecule has 0 radical (unpaired) electrons. The topological polar surface area (TPSA) is 136 Å². The van der Waals surface area contributed by atoms with Crippen LogP contribution in [0.5, 0.6) is 0 Å². The zero-order valence-corrected chi connectivity index (χ0v) is 19.4. The minimum Gasteiger partial charge on any atom is -0.475 e. The Hall–Kier alpha value is -4.26. The Labute approximate surface area is 208 Å². The van der Waals surface area contributed by atoms with Gasteiger partial charge in [-0.15, -0.1) is 0 Å². The Morgan fingerprint density at radius 3 is 2.30 bits per heavy atom. The number of aromatic nitrogens is 2. The molecule has 1 aromatic heterocycles. The first kappa shape index (κ1) is 27.3. The van der Waals surface area contributed by atoms with Crippen molar-refractivity contribution in [2.24, 2.45) is 0 Å². The number of imidazole rings is 1. The highest BCUT2D eigenvalue weighted by molar-refractivity contribution is 6.04. The number of benzene rings is 2. The van der Waals surface area contributed by atoms with Crippen molar-refractivity contribution in [1.82, 2.24) is 15.3 Å². The maximum Gasteiger partial charge on any atom is 0.490 e. The number of anilines is 2. The van der Waals surface area contributed by atoms with E-state index < -0.39 is 23.9 Å². The van der Waals surface area contributed by atoms with Crippen LogP contribution in [0.3, 0.4) is 0 Å². The van der Waals surface area contributed by atoms with E-state index in [2.05, 4.69) is 25.9 Å². The van der Waals surface area contributed by atoms with Crippen molar-refractivity contribution in [1.29, 1.82) is 0 Å². The average molecular weight is 521 g/mol. The molecule has 2 heterocycles. The van der Waals surface area contributed by atoms with Gasteiger partial charge in [0, 0.05) is 30.4 Å². The average Bonchev–Trinajstić information content (AvgIpc) is 3.16. The van der Waals surface area contributed by atoms with Crippen molar-refractivity contribution < 1.29 is 37.1 Å². The fourth-order valence-electron chi connectivity index (χ4n) is 3.24. The third-order valence-electron chi connectivity index (χ3n) is 5.23. The Morgan fingerprint density at radius 1 is 1.08 bits per heavy atom. The van der Waals surface area contributed by atoms with Crippen molar-refractivity contribution in [3.8, 4) is 0 Å². The van der Waals surface area contributed by atoms with Gasteiger partial charge in [-0.25, -0.2) is 14.2 Å². The van der Waals surface area contributed by atoms with E-state index in [1.807, 2.05) is 30.3 Å². The molecule has 0 aliphatic carbocycles. The number of alkyl halides is 3. The molecule has 4 rings (SSSR count). The molecule has 1 fully saturated rings. The fraction of sp³-hybridized carbons (Fsp3) is 0.250. The first-order chi connectivity index (χ1) is 17.4. The maximum absolute atomic E-state index is 14.2. The highest BCUT2D eigenvalue weighted by atomic mass is 19.4. The lowest BCUT2D eigenvalue weighted by atomic mass is 10.0. The van der Waals surface area contributed by atoms with Crippen LogP contribution in [0.1, 0.15) is 33.5 Å². The fourth-order valence-corrected chi connectivity index (χ4v) is 3.24. The molecular formula is C24H23F4N5O4. The van der Waals surface area contributed by atoms with Crippen molar-refractivity contribution in [2.45, 2.75) is 25.4 Å². The standard InChI is InChI=1S/C22H22FN5O2.C2HF3O2/c1-13-20(28-21(25-13)15-11-24-12-15)22(30)26-16-7-8-17(23)18(10-16)27-19(29)9-14-5-3-2-4-6-14;3-2(4,5)1(6)7/h2-8,10,15,24H,9,11-12H2,1H3,(H,25,28)(H,26,30)(H,27,29);(H,6,7). The number of hydrogen-bond donors (Lipinski definition) is 5. The number of aromatic amines is 1. The first-order valence-corrected chi connectivity index (χ1v) is 11.0. The van der Waals surface area contributed by atoms with Crippen molar-refractivity contribution >= 4 is 29.2 Å². The number of rotatable bonds is 6. The molecule has 2 amide bonds. The molecule has 1 aliphatic heterocycles. The lowest BCUT2D eigenvalue weighted by Crippen LogP contribution is -2.40. The minimum atomic E-state index is -5.08. The smallest absolute Gasteiger partial charge is 0.475 e. The molecule has 0 saturated carbocycles. The van der Waals surface area contributed by atoms with Gasteiger partial charge in [0.25, 0.3) is 5.91 Å². The molecule has 37 heavy (non-hydrogen) atoms. The summed E-state index contributed by atoms with van der Waals surface area (Å²) < 4.78 is 45.9. The van der Waals surface area contributed by atoms with E-state index in [0.717, 1.165) is 24.5 Å². The second-order valence-corrected chi connectivity index (χ2v) is 8.11. The van der Waals surface area contributed by atoms with E-state index in [-0.39, 0.29) is 23.9 Å². The highest BCUT2D eigenvalue weighted by Crippen LogP contribution is 2.22. The van der Waals surface area contributed by atoms with Crippen molar-refractivity contribution in [2.75, 3.05) is 23.7 Å². The van der Waals surface area contributed by atoms with Gasteiger partial charge in [-0.05, 0) is 30.7 Å². The summed E-state index contributed by atoms with van der Waals surface area (Å²) in [4.78, 5) is 41.4. The van der Waals surface area contributed by atoms with Crippen LogP contribution in [0.25, 0.3) is 0 Å². The van der Waals surface area contributed by atoms with Gasteiger partial charge < -0.3 is 26.0 Å². The van der Waals surface area contributed by atoms with Gasteiger partial charge >= 0.3 is 12.1 Å². The summed E-state index contributed by atoms with van der Waals surface area (Å²) in [7, 11) is 0. The van der Waals surface area contributed by atoms with Gasteiger partial charge in [0.1, 0.15) is 17.3 Å². The number of amides is 2.